The summed E-state index contributed by atoms with van der Waals surface area (Å²) in [6, 6.07) is 1.74. The van der Waals surface area contributed by atoms with E-state index in [0.717, 1.165) is 49.1 Å². The second kappa shape index (κ2) is 6.16. The molecule has 0 aromatic carbocycles. The molecule has 0 spiro atoms. The van der Waals surface area contributed by atoms with E-state index in [1.807, 2.05) is 6.92 Å². The lowest BCUT2D eigenvalue weighted by Gasteiger charge is -2.04. The average molecular weight is 321 g/mol. The first kappa shape index (κ1) is 15.1. The molecule has 0 aliphatic heterocycles. The first-order valence-corrected chi connectivity index (χ1v) is 9.31. The van der Waals surface area contributed by atoms with Gasteiger partial charge in [0.15, 0.2) is 9.84 Å². The maximum Gasteiger partial charge on any atom is 0.163 e. The number of rotatable bonds is 4. The second-order valence-corrected chi connectivity index (χ2v) is 7.80. The maximum absolute atomic E-state index is 12.4. The fourth-order valence-electron chi connectivity index (χ4n) is 2.77. The largest absolute Gasteiger partial charge is 0.361 e. The number of aryl methyl sites for hydroxylation is 2. The Kier molecular flexibility index (Phi) is 4.24. The Morgan fingerprint density at radius 2 is 2.00 bits per heavy atom. The summed E-state index contributed by atoms with van der Waals surface area (Å²) in [6.45, 7) is 1.81. The second-order valence-electron chi connectivity index (χ2n) is 5.74. The highest BCUT2D eigenvalue weighted by Crippen LogP contribution is 2.25. The highest BCUT2D eigenvalue weighted by molar-refractivity contribution is 7.89. The Hall–Kier alpha value is -1.76. The quantitative estimate of drug-likeness (QED) is 0.802. The molecule has 2 aromatic rings. The van der Waals surface area contributed by atoms with Crippen LogP contribution in [0.15, 0.2) is 16.8 Å². The molecule has 118 valence electrons. The Bertz CT molecular complexity index is 768. The van der Waals surface area contributed by atoms with Crippen molar-refractivity contribution in [3.05, 3.63) is 40.8 Å². The van der Waals surface area contributed by atoms with E-state index in [0.29, 0.717) is 11.5 Å². The highest BCUT2D eigenvalue weighted by Gasteiger charge is 2.23. The summed E-state index contributed by atoms with van der Waals surface area (Å²) in [5, 5.41) is 3.99. The molecule has 2 heterocycles. The fraction of sp³-hybridized carbons (Fsp3) is 0.533. The molecule has 0 amide bonds. The molecule has 6 nitrogen and oxygen atoms in total. The van der Waals surface area contributed by atoms with Crippen LogP contribution in [0.1, 0.15) is 47.8 Å². The van der Waals surface area contributed by atoms with Gasteiger partial charge in [-0.15, -0.1) is 0 Å². The standard InChI is InChI=1S/C15H19N3O3S/c1-11-7-8-16-15(17-11)10-22(19,20)9-13-12-5-3-2-4-6-14(12)21-18-13/h7-8H,2-6,9-10H2,1H3. The van der Waals surface area contributed by atoms with Gasteiger partial charge in [-0.25, -0.2) is 18.4 Å². The van der Waals surface area contributed by atoms with Gasteiger partial charge < -0.3 is 4.52 Å². The fourth-order valence-corrected chi connectivity index (χ4v) is 4.04. The van der Waals surface area contributed by atoms with E-state index in [9.17, 15) is 8.42 Å². The number of hydrogen-bond donors (Lipinski definition) is 0. The predicted octanol–water partition coefficient (Wildman–Crippen LogP) is 2.16. The van der Waals surface area contributed by atoms with Gasteiger partial charge in [-0.1, -0.05) is 11.6 Å². The van der Waals surface area contributed by atoms with Gasteiger partial charge in [-0.05, 0) is 32.3 Å². The van der Waals surface area contributed by atoms with E-state index >= 15 is 0 Å². The molecule has 0 bridgehead atoms. The zero-order chi connectivity index (χ0) is 15.6. The average Bonchev–Trinajstić information content (AvgIpc) is 2.68. The summed E-state index contributed by atoms with van der Waals surface area (Å²) in [5.74, 6) is 0.906. The van der Waals surface area contributed by atoms with Crippen LogP contribution in [-0.2, 0) is 34.2 Å². The summed E-state index contributed by atoms with van der Waals surface area (Å²) < 4.78 is 30.1. The van der Waals surface area contributed by atoms with Crippen molar-refractivity contribution in [2.24, 2.45) is 0 Å². The summed E-state index contributed by atoms with van der Waals surface area (Å²) in [5.41, 5.74) is 2.31. The molecule has 0 atom stereocenters. The van der Waals surface area contributed by atoms with Crippen LogP contribution in [-0.4, -0.2) is 23.5 Å². The lowest BCUT2D eigenvalue weighted by Crippen LogP contribution is -2.12. The third-order valence-corrected chi connectivity index (χ3v) is 5.24. The minimum Gasteiger partial charge on any atom is -0.361 e. The third-order valence-electron chi connectivity index (χ3n) is 3.83. The van der Waals surface area contributed by atoms with Crippen molar-refractivity contribution in [1.82, 2.24) is 15.1 Å². The van der Waals surface area contributed by atoms with Crippen molar-refractivity contribution in [2.75, 3.05) is 0 Å². The van der Waals surface area contributed by atoms with Crippen LogP contribution >= 0.6 is 0 Å². The van der Waals surface area contributed by atoms with Crippen molar-refractivity contribution in [2.45, 2.75) is 50.5 Å². The summed E-state index contributed by atoms with van der Waals surface area (Å²) in [4.78, 5) is 8.18. The van der Waals surface area contributed by atoms with E-state index in [-0.39, 0.29) is 11.5 Å². The van der Waals surface area contributed by atoms with E-state index in [2.05, 4.69) is 15.1 Å². The van der Waals surface area contributed by atoms with Crippen LogP contribution in [0.5, 0.6) is 0 Å². The first-order chi connectivity index (χ1) is 10.5. The van der Waals surface area contributed by atoms with Gasteiger partial charge in [0, 0.05) is 23.9 Å². The molecule has 0 N–H and O–H groups in total. The van der Waals surface area contributed by atoms with Crippen molar-refractivity contribution < 1.29 is 12.9 Å². The molecule has 0 unspecified atom stereocenters. The normalized spacial score (nSPS) is 15.3. The number of sulfone groups is 1. The van der Waals surface area contributed by atoms with Gasteiger partial charge in [0.2, 0.25) is 0 Å². The Balaban J connectivity index is 1.78. The monoisotopic (exact) mass is 321 g/mol. The topological polar surface area (TPSA) is 86.0 Å². The van der Waals surface area contributed by atoms with Gasteiger partial charge in [-0.2, -0.15) is 0 Å². The van der Waals surface area contributed by atoms with Crippen LogP contribution in [0, 0.1) is 6.92 Å². The molecule has 0 radical (unpaired) electrons. The maximum atomic E-state index is 12.4. The summed E-state index contributed by atoms with van der Waals surface area (Å²) in [6.07, 6.45) is 6.56. The molecular formula is C15H19N3O3S. The summed E-state index contributed by atoms with van der Waals surface area (Å²) in [7, 11) is -3.37. The molecule has 0 saturated heterocycles. The summed E-state index contributed by atoms with van der Waals surface area (Å²) >= 11 is 0. The van der Waals surface area contributed by atoms with E-state index in [1.165, 1.54) is 0 Å². The van der Waals surface area contributed by atoms with Crippen LogP contribution < -0.4 is 0 Å². The smallest absolute Gasteiger partial charge is 0.163 e. The predicted molar refractivity (Wildman–Crippen MR) is 80.9 cm³/mol. The molecule has 0 saturated carbocycles. The molecule has 2 aromatic heterocycles. The van der Waals surface area contributed by atoms with Gasteiger partial charge >= 0.3 is 0 Å². The van der Waals surface area contributed by atoms with Crippen LogP contribution in [0.2, 0.25) is 0 Å². The Morgan fingerprint density at radius 1 is 1.18 bits per heavy atom. The van der Waals surface area contributed by atoms with Crippen molar-refractivity contribution in [1.29, 1.82) is 0 Å². The molecule has 1 aliphatic rings. The number of nitrogens with zero attached hydrogens (tertiary/aromatic N) is 3. The molecule has 1 aliphatic carbocycles. The first-order valence-electron chi connectivity index (χ1n) is 7.49. The number of fused-ring (bicyclic) bond motifs is 1. The van der Waals surface area contributed by atoms with Gasteiger partial charge in [0.25, 0.3) is 0 Å². The van der Waals surface area contributed by atoms with Crippen molar-refractivity contribution in [3.63, 3.8) is 0 Å². The van der Waals surface area contributed by atoms with E-state index in [4.69, 9.17) is 4.52 Å². The Labute approximate surface area is 129 Å². The van der Waals surface area contributed by atoms with Crippen molar-refractivity contribution >= 4 is 9.84 Å². The van der Waals surface area contributed by atoms with Gasteiger partial charge in [0.1, 0.15) is 23.0 Å². The molecule has 3 rings (SSSR count). The molecule has 22 heavy (non-hydrogen) atoms. The number of hydrogen-bond acceptors (Lipinski definition) is 6. The molecule has 7 heteroatoms. The minimum atomic E-state index is -3.37. The highest BCUT2D eigenvalue weighted by atomic mass is 32.2. The van der Waals surface area contributed by atoms with Crippen molar-refractivity contribution in [3.8, 4) is 0 Å². The lowest BCUT2D eigenvalue weighted by molar-refractivity contribution is 0.376. The molecular weight excluding hydrogens is 302 g/mol. The van der Waals surface area contributed by atoms with Crippen LogP contribution in [0.3, 0.4) is 0 Å². The third kappa shape index (κ3) is 3.52. The van der Waals surface area contributed by atoms with Crippen LogP contribution in [0.4, 0.5) is 0 Å². The van der Waals surface area contributed by atoms with Gasteiger partial charge in [-0.3, -0.25) is 0 Å². The Morgan fingerprint density at radius 3 is 2.82 bits per heavy atom. The minimum absolute atomic E-state index is 0.108. The lowest BCUT2D eigenvalue weighted by atomic mass is 10.1. The molecule has 0 fully saturated rings. The zero-order valence-electron chi connectivity index (χ0n) is 12.6. The number of aromatic nitrogens is 3. The van der Waals surface area contributed by atoms with E-state index in [1.54, 1.807) is 12.3 Å². The zero-order valence-corrected chi connectivity index (χ0v) is 13.4. The SMILES string of the molecule is Cc1ccnc(CS(=O)(=O)Cc2noc3c2CCCCC3)n1. The van der Waals surface area contributed by atoms with Gasteiger partial charge in [0.05, 0.1) is 5.75 Å². The van der Waals surface area contributed by atoms with E-state index < -0.39 is 9.84 Å². The van der Waals surface area contributed by atoms with Crippen LogP contribution in [0.25, 0.3) is 0 Å².